The Labute approximate surface area is 131 Å². The highest BCUT2D eigenvalue weighted by Crippen LogP contribution is 2.25. The first-order valence-electron chi connectivity index (χ1n) is 7.48. The lowest BCUT2D eigenvalue weighted by molar-refractivity contribution is 0.0669. The van der Waals surface area contributed by atoms with Crippen LogP contribution in [0.4, 0.5) is 0 Å². The van der Waals surface area contributed by atoms with Gasteiger partial charge < -0.3 is 15.3 Å². The summed E-state index contributed by atoms with van der Waals surface area (Å²) in [5.41, 5.74) is 0.292. The first-order valence-corrected chi connectivity index (χ1v) is 7.86. The van der Waals surface area contributed by atoms with E-state index in [-0.39, 0.29) is 11.7 Å². The van der Waals surface area contributed by atoms with Gasteiger partial charge >= 0.3 is 0 Å². The maximum absolute atomic E-state index is 12.5. The second kappa shape index (κ2) is 7.14. The Bertz CT molecular complexity index is 505. The molecule has 1 unspecified atom stereocenters. The number of likely N-dealkylation sites (tertiary alicyclic amines) is 1. The van der Waals surface area contributed by atoms with Crippen LogP contribution in [0.5, 0.6) is 5.75 Å². The molecule has 1 amide bonds. The number of hydrogen-bond acceptors (Lipinski definition) is 3. The van der Waals surface area contributed by atoms with E-state index in [4.69, 9.17) is 11.6 Å². The number of nitrogens with zero attached hydrogens (tertiary/aromatic N) is 1. The van der Waals surface area contributed by atoms with Crippen molar-refractivity contribution in [3.63, 3.8) is 0 Å². The molecule has 0 saturated carbocycles. The molecule has 0 bridgehead atoms. The van der Waals surface area contributed by atoms with Crippen molar-refractivity contribution in [2.75, 3.05) is 19.6 Å². The zero-order valence-corrected chi connectivity index (χ0v) is 13.4. The van der Waals surface area contributed by atoms with Crippen LogP contribution in [0.3, 0.4) is 0 Å². The molecule has 1 aromatic rings. The topological polar surface area (TPSA) is 52.6 Å². The minimum atomic E-state index is -0.135. The van der Waals surface area contributed by atoms with Crippen LogP contribution in [-0.4, -0.2) is 41.6 Å². The SMILES string of the molecule is CC(C)NCC1CCCN(C(=O)c2cc(Cl)ccc2O)C1. The molecule has 1 aliphatic rings. The maximum atomic E-state index is 12.5. The second-order valence-corrected chi connectivity index (χ2v) is 6.42. The molecule has 0 radical (unpaired) electrons. The van der Waals surface area contributed by atoms with Gasteiger partial charge in [0, 0.05) is 24.2 Å². The molecular formula is C16H23ClN2O2. The number of aromatic hydroxyl groups is 1. The molecule has 2 N–H and O–H groups in total. The van der Waals surface area contributed by atoms with Crippen LogP contribution in [-0.2, 0) is 0 Å². The summed E-state index contributed by atoms with van der Waals surface area (Å²) in [6.07, 6.45) is 2.13. The van der Waals surface area contributed by atoms with E-state index >= 15 is 0 Å². The number of phenolic OH excluding ortho intramolecular Hbond substituents is 1. The van der Waals surface area contributed by atoms with Crippen molar-refractivity contribution in [1.29, 1.82) is 0 Å². The van der Waals surface area contributed by atoms with Crippen molar-refractivity contribution in [3.8, 4) is 5.75 Å². The van der Waals surface area contributed by atoms with Crippen molar-refractivity contribution >= 4 is 17.5 Å². The molecule has 0 spiro atoms. The van der Waals surface area contributed by atoms with E-state index in [1.807, 2.05) is 4.90 Å². The second-order valence-electron chi connectivity index (χ2n) is 5.98. The number of amides is 1. The molecule has 1 heterocycles. The molecule has 0 aromatic heterocycles. The van der Waals surface area contributed by atoms with Gasteiger partial charge in [-0.1, -0.05) is 25.4 Å². The van der Waals surface area contributed by atoms with E-state index in [0.717, 1.165) is 32.5 Å². The molecular weight excluding hydrogens is 288 g/mol. The number of phenols is 1. The van der Waals surface area contributed by atoms with Crippen molar-refractivity contribution in [3.05, 3.63) is 28.8 Å². The van der Waals surface area contributed by atoms with Crippen molar-refractivity contribution < 1.29 is 9.90 Å². The third kappa shape index (κ3) is 4.35. The number of rotatable bonds is 4. The van der Waals surface area contributed by atoms with Gasteiger partial charge in [0.25, 0.3) is 5.91 Å². The highest BCUT2D eigenvalue weighted by Gasteiger charge is 2.26. The van der Waals surface area contributed by atoms with Gasteiger partial charge in [-0.15, -0.1) is 0 Å². The zero-order valence-electron chi connectivity index (χ0n) is 12.6. The van der Waals surface area contributed by atoms with Crippen LogP contribution in [0.25, 0.3) is 0 Å². The van der Waals surface area contributed by atoms with E-state index in [1.54, 1.807) is 6.07 Å². The fourth-order valence-electron chi connectivity index (χ4n) is 2.67. The van der Waals surface area contributed by atoms with E-state index in [9.17, 15) is 9.90 Å². The number of carbonyl (C=O) groups is 1. The van der Waals surface area contributed by atoms with Gasteiger partial charge in [-0.3, -0.25) is 4.79 Å². The third-order valence-corrected chi connectivity index (χ3v) is 4.05. The predicted octanol–water partition coefficient (Wildman–Crippen LogP) is 2.90. The Morgan fingerprint density at radius 3 is 3.00 bits per heavy atom. The van der Waals surface area contributed by atoms with Gasteiger partial charge in [-0.25, -0.2) is 0 Å². The molecule has 2 rings (SSSR count). The number of hydrogen-bond donors (Lipinski definition) is 2. The Kier molecular flexibility index (Phi) is 5.48. The largest absolute Gasteiger partial charge is 0.507 e. The predicted molar refractivity (Wildman–Crippen MR) is 84.9 cm³/mol. The van der Waals surface area contributed by atoms with Gasteiger partial charge in [-0.2, -0.15) is 0 Å². The van der Waals surface area contributed by atoms with E-state index in [1.165, 1.54) is 12.1 Å². The molecule has 1 aromatic carbocycles. The Balaban J connectivity index is 2.03. The summed E-state index contributed by atoms with van der Waals surface area (Å²) < 4.78 is 0. The van der Waals surface area contributed by atoms with Gasteiger partial charge in [0.15, 0.2) is 0 Å². The van der Waals surface area contributed by atoms with E-state index < -0.39 is 0 Å². The number of piperidine rings is 1. The normalized spacial score (nSPS) is 19.0. The van der Waals surface area contributed by atoms with Gasteiger partial charge in [-0.05, 0) is 43.5 Å². The zero-order chi connectivity index (χ0) is 15.4. The standard InChI is InChI=1S/C16H23ClN2O2/c1-11(2)18-9-12-4-3-7-19(10-12)16(21)14-8-13(17)5-6-15(14)20/h5-6,8,11-12,18,20H,3-4,7,9-10H2,1-2H3. The minimum Gasteiger partial charge on any atom is -0.507 e. The number of carbonyl (C=O) groups excluding carboxylic acids is 1. The number of nitrogens with one attached hydrogen (secondary N) is 1. The van der Waals surface area contributed by atoms with Gasteiger partial charge in [0.05, 0.1) is 5.56 Å². The Hall–Kier alpha value is -1.26. The van der Waals surface area contributed by atoms with Crippen molar-refractivity contribution in [1.82, 2.24) is 10.2 Å². The van der Waals surface area contributed by atoms with Crippen LogP contribution in [0, 0.1) is 5.92 Å². The number of benzene rings is 1. The lowest BCUT2D eigenvalue weighted by Gasteiger charge is -2.33. The first-order chi connectivity index (χ1) is 9.97. The Morgan fingerprint density at radius 1 is 1.52 bits per heavy atom. The van der Waals surface area contributed by atoms with Gasteiger partial charge in [0.2, 0.25) is 0 Å². The summed E-state index contributed by atoms with van der Waals surface area (Å²) in [6, 6.07) is 5.04. The lowest BCUT2D eigenvalue weighted by atomic mass is 9.97. The summed E-state index contributed by atoms with van der Waals surface area (Å²) in [7, 11) is 0. The molecule has 116 valence electrons. The summed E-state index contributed by atoms with van der Waals surface area (Å²) in [5.74, 6) is 0.322. The van der Waals surface area contributed by atoms with Crippen LogP contribution in [0.15, 0.2) is 18.2 Å². The molecule has 1 aliphatic heterocycles. The fourth-order valence-corrected chi connectivity index (χ4v) is 2.84. The molecule has 21 heavy (non-hydrogen) atoms. The first kappa shape index (κ1) is 16.1. The smallest absolute Gasteiger partial charge is 0.257 e. The van der Waals surface area contributed by atoms with Crippen LogP contribution in [0.2, 0.25) is 5.02 Å². The van der Waals surface area contributed by atoms with Crippen LogP contribution >= 0.6 is 11.6 Å². The quantitative estimate of drug-likeness (QED) is 0.899. The third-order valence-electron chi connectivity index (χ3n) is 3.81. The fraction of sp³-hybridized carbons (Fsp3) is 0.562. The summed E-state index contributed by atoms with van der Waals surface area (Å²) in [4.78, 5) is 14.4. The highest BCUT2D eigenvalue weighted by molar-refractivity contribution is 6.31. The molecule has 1 atom stereocenters. The van der Waals surface area contributed by atoms with Crippen molar-refractivity contribution in [2.24, 2.45) is 5.92 Å². The lowest BCUT2D eigenvalue weighted by Crippen LogP contribution is -2.43. The van der Waals surface area contributed by atoms with Crippen molar-refractivity contribution in [2.45, 2.75) is 32.7 Å². The van der Waals surface area contributed by atoms with E-state index in [2.05, 4.69) is 19.2 Å². The maximum Gasteiger partial charge on any atom is 0.257 e. The van der Waals surface area contributed by atoms with Crippen LogP contribution in [0.1, 0.15) is 37.0 Å². The average Bonchev–Trinajstić information content (AvgIpc) is 2.47. The molecule has 1 fully saturated rings. The minimum absolute atomic E-state index is 0.00757. The summed E-state index contributed by atoms with van der Waals surface area (Å²) in [6.45, 7) is 6.63. The highest BCUT2D eigenvalue weighted by atomic mass is 35.5. The monoisotopic (exact) mass is 310 g/mol. The summed E-state index contributed by atoms with van der Waals surface area (Å²) in [5, 5.41) is 13.8. The Morgan fingerprint density at radius 2 is 2.29 bits per heavy atom. The molecule has 1 saturated heterocycles. The average molecular weight is 311 g/mol. The van der Waals surface area contributed by atoms with Crippen LogP contribution < -0.4 is 5.32 Å². The molecule has 4 nitrogen and oxygen atoms in total. The molecule has 5 heteroatoms. The summed E-state index contributed by atoms with van der Waals surface area (Å²) >= 11 is 5.92. The molecule has 0 aliphatic carbocycles. The van der Waals surface area contributed by atoms with E-state index in [0.29, 0.717) is 22.5 Å². The number of halogens is 1. The van der Waals surface area contributed by atoms with Gasteiger partial charge in [0.1, 0.15) is 5.75 Å².